The van der Waals surface area contributed by atoms with E-state index in [-0.39, 0.29) is 5.91 Å². The Morgan fingerprint density at radius 2 is 2.28 bits per heavy atom. The normalized spacial score (nSPS) is 13.3. The second-order valence-corrected chi connectivity index (χ2v) is 5.48. The molecule has 92 valence electrons. The number of carbonyl (C=O) groups is 1. The van der Waals surface area contributed by atoms with Crippen LogP contribution >= 0.6 is 11.3 Å². The highest BCUT2D eigenvalue weighted by atomic mass is 32.1. The first kappa shape index (κ1) is 11.2. The summed E-state index contributed by atoms with van der Waals surface area (Å²) in [5.41, 5.74) is 7.50. The lowest BCUT2D eigenvalue weighted by atomic mass is 10.2. The van der Waals surface area contributed by atoms with Gasteiger partial charge in [-0.15, -0.1) is 11.3 Å². The van der Waals surface area contributed by atoms with Crippen LogP contribution in [0.3, 0.4) is 0 Å². The molecule has 0 fully saturated rings. The zero-order valence-electron chi connectivity index (χ0n) is 9.77. The van der Waals surface area contributed by atoms with Gasteiger partial charge in [-0.2, -0.15) is 0 Å². The SMILES string of the molecule is Nc1ccc(NC(=O)c2cc3c(s2)CCC3)cn1. The lowest BCUT2D eigenvalue weighted by molar-refractivity contribution is 0.103. The van der Waals surface area contributed by atoms with E-state index in [4.69, 9.17) is 5.73 Å². The monoisotopic (exact) mass is 259 g/mol. The molecule has 1 aliphatic carbocycles. The number of hydrogen-bond acceptors (Lipinski definition) is 4. The molecule has 0 saturated carbocycles. The molecule has 1 amide bonds. The number of nitrogens with two attached hydrogens (primary N) is 1. The van der Waals surface area contributed by atoms with Gasteiger partial charge in [-0.1, -0.05) is 0 Å². The molecule has 18 heavy (non-hydrogen) atoms. The molecule has 0 aliphatic heterocycles. The third-order valence-corrected chi connectivity index (χ3v) is 4.25. The van der Waals surface area contributed by atoms with Crippen LogP contribution in [0.1, 0.15) is 26.5 Å². The van der Waals surface area contributed by atoms with Gasteiger partial charge in [0.2, 0.25) is 0 Å². The Morgan fingerprint density at radius 3 is 3.00 bits per heavy atom. The highest BCUT2D eigenvalue weighted by Crippen LogP contribution is 2.30. The Balaban J connectivity index is 1.76. The van der Waals surface area contributed by atoms with E-state index in [0.29, 0.717) is 11.5 Å². The number of amides is 1. The van der Waals surface area contributed by atoms with Gasteiger partial charge in [0.25, 0.3) is 5.91 Å². The number of aryl methyl sites for hydroxylation is 2. The summed E-state index contributed by atoms with van der Waals surface area (Å²) in [5, 5.41) is 2.83. The molecule has 3 rings (SSSR count). The van der Waals surface area contributed by atoms with Crippen LogP contribution in [0.4, 0.5) is 11.5 Å². The smallest absolute Gasteiger partial charge is 0.265 e. The van der Waals surface area contributed by atoms with Crippen LogP contribution in [-0.4, -0.2) is 10.9 Å². The number of nitrogen functional groups attached to an aromatic ring is 1. The Morgan fingerprint density at radius 1 is 1.39 bits per heavy atom. The number of hydrogen-bond donors (Lipinski definition) is 2. The minimum Gasteiger partial charge on any atom is -0.384 e. The van der Waals surface area contributed by atoms with Crippen LogP contribution < -0.4 is 11.1 Å². The van der Waals surface area contributed by atoms with Gasteiger partial charge in [-0.3, -0.25) is 4.79 Å². The standard InChI is InChI=1S/C13H13N3OS/c14-12-5-4-9(7-15-12)16-13(17)11-6-8-2-1-3-10(8)18-11/h4-7H,1-3H2,(H2,14,15)(H,16,17). The number of rotatable bonds is 2. The van der Waals surface area contributed by atoms with Crippen molar-refractivity contribution in [1.82, 2.24) is 4.98 Å². The molecule has 2 heterocycles. The fraction of sp³-hybridized carbons (Fsp3) is 0.231. The Kier molecular flexibility index (Phi) is 2.76. The van der Waals surface area contributed by atoms with Gasteiger partial charge in [0.1, 0.15) is 5.82 Å². The number of carbonyl (C=O) groups excluding carboxylic acids is 1. The maximum Gasteiger partial charge on any atom is 0.265 e. The van der Waals surface area contributed by atoms with Crippen molar-refractivity contribution in [3.05, 3.63) is 39.7 Å². The molecule has 0 atom stereocenters. The Bertz CT molecular complexity index is 567. The van der Waals surface area contributed by atoms with Crippen molar-refractivity contribution in [2.24, 2.45) is 0 Å². The summed E-state index contributed by atoms with van der Waals surface area (Å²) in [6.07, 6.45) is 4.98. The lowest BCUT2D eigenvalue weighted by Crippen LogP contribution is -2.10. The molecule has 0 spiro atoms. The lowest BCUT2D eigenvalue weighted by Gasteiger charge is -2.03. The predicted octanol–water partition coefficient (Wildman–Crippen LogP) is 2.47. The van der Waals surface area contributed by atoms with Crippen molar-refractivity contribution in [1.29, 1.82) is 0 Å². The summed E-state index contributed by atoms with van der Waals surface area (Å²) in [5.74, 6) is 0.379. The van der Waals surface area contributed by atoms with E-state index in [9.17, 15) is 4.79 Å². The summed E-state index contributed by atoms with van der Waals surface area (Å²) in [6.45, 7) is 0. The van der Waals surface area contributed by atoms with E-state index in [2.05, 4.69) is 10.3 Å². The number of pyridine rings is 1. The molecule has 0 unspecified atom stereocenters. The van der Waals surface area contributed by atoms with Gasteiger partial charge in [0, 0.05) is 4.88 Å². The van der Waals surface area contributed by atoms with Crippen molar-refractivity contribution >= 4 is 28.7 Å². The first-order valence-electron chi connectivity index (χ1n) is 5.87. The maximum absolute atomic E-state index is 12.0. The third-order valence-electron chi connectivity index (χ3n) is 3.01. The molecule has 0 aromatic carbocycles. The molecular weight excluding hydrogens is 246 g/mol. The topological polar surface area (TPSA) is 68.0 Å². The highest BCUT2D eigenvalue weighted by Gasteiger charge is 2.18. The molecule has 0 saturated heterocycles. The average molecular weight is 259 g/mol. The molecule has 3 N–H and O–H groups in total. The first-order chi connectivity index (χ1) is 8.72. The summed E-state index contributed by atoms with van der Waals surface area (Å²) < 4.78 is 0. The molecule has 4 nitrogen and oxygen atoms in total. The van der Waals surface area contributed by atoms with Crippen LogP contribution in [0, 0.1) is 0 Å². The van der Waals surface area contributed by atoms with Crippen molar-refractivity contribution in [2.45, 2.75) is 19.3 Å². The molecule has 5 heteroatoms. The third kappa shape index (κ3) is 2.09. The van der Waals surface area contributed by atoms with E-state index in [0.717, 1.165) is 17.7 Å². The van der Waals surface area contributed by atoms with Gasteiger partial charge in [0.05, 0.1) is 16.8 Å². The predicted molar refractivity (Wildman–Crippen MR) is 72.9 cm³/mol. The summed E-state index contributed by atoms with van der Waals surface area (Å²) in [6, 6.07) is 5.43. The van der Waals surface area contributed by atoms with E-state index < -0.39 is 0 Å². The number of thiophene rings is 1. The molecule has 0 bridgehead atoms. The molecule has 2 aromatic rings. The van der Waals surface area contributed by atoms with Gasteiger partial charge in [-0.25, -0.2) is 4.98 Å². The van der Waals surface area contributed by atoms with E-state index in [1.165, 1.54) is 16.9 Å². The van der Waals surface area contributed by atoms with Crippen LogP contribution in [0.2, 0.25) is 0 Å². The fourth-order valence-corrected chi connectivity index (χ4v) is 3.26. The second kappa shape index (κ2) is 4.42. The van der Waals surface area contributed by atoms with Crippen LogP contribution in [-0.2, 0) is 12.8 Å². The second-order valence-electron chi connectivity index (χ2n) is 4.34. The number of anilines is 2. The average Bonchev–Trinajstić information content (AvgIpc) is 2.92. The Labute approximate surface area is 109 Å². The first-order valence-corrected chi connectivity index (χ1v) is 6.68. The fourth-order valence-electron chi connectivity index (χ4n) is 2.11. The minimum atomic E-state index is -0.0685. The van der Waals surface area contributed by atoms with Crippen LogP contribution in [0.25, 0.3) is 0 Å². The molecule has 2 aromatic heterocycles. The highest BCUT2D eigenvalue weighted by molar-refractivity contribution is 7.14. The zero-order valence-corrected chi connectivity index (χ0v) is 10.6. The van der Waals surface area contributed by atoms with E-state index >= 15 is 0 Å². The maximum atomic E-state index is 12.0. The molecule has 0 radical (unpaired) electrons. The number of aromatic nitrogens is 1. The van der Waals surface area contributed by atoms with E-state index in [1.54, 1.807) is 29.7 Å². The van der Waals surface area contributed by atoms with Gasteiger partial charge >= 0.3 is 0 Å². The van der Waals surface area contributed by atoms with Crippen LogP contribution in [0.15, 0.2) is 24.4 Å². The summed E-state index contributed by atoms with van der Waals surface area (Å²) >= 11 is 1.60. The van der Waals surface area contributed by atoms with Crippen molar-refractivity contribution in [3.63, 3.8) is 0 Å². The minimum absolute atomic E-state index is 0.0685. The van der Waals surface area contributed by atoms with Gasteiger partial charge in [-0.05, 0) is 43.0 Å². The van der Waals surface area contributed by atoms with Crippen LogP contribution in [0.5, 0.6) is 0 Å². The number of nitrogens with one attached hydrogen (secondary N) is 1. The summed E-state index contributed by atoms with van der Waals surface area (Å²) in [4.78, 5) is 18.1. The number of nitrogens with zero attached hydrogens (tertiary/aromatic N) is 1. The molecule has 1 aliphatic rings. The van der Waals surface area contributed by atoms with Crippen molar-refractivity contribution < 1.29 is 4.79 Å². The summed E-state index contributed by atoms with van der Waals surface area (Å²) in [7, 11) is 0. The molecular formula is C13H13N3OS. The van der Waals surface area contributed by atoms with Crippen molar-refractivity contribution in [3.8, 4) is 0 Å². The van der Waals surface area contributed by atoms with E-state index in [1.807, 2.05) is 6.07 Å². The quantitative estimate of drug-likeness (QED) is 0.870. The zero-order chi connectivity index (χ0) is 12.5. The van der Waals surface area contributed by atoms with Gasteiger partial charge in [0.15, 0.2) is 0 Å². The largest absolute Gasteiger partial charge is 0.384 e. The number of fused-ring (bicyclic) bond motifs is 1. The Hall–Kier alpha value is -1.88. The van der Waals surface area contributed by atoms with Gasteiger partial charge < -0.3 is 11.1 Å². The van der Waals surface area contributed by atoms with Crippen molar-refractivity contribution in [2.75, 3.05) is 11.1 Å².